The molecule has 0 saturated carbocycles. The van der Waals surface area contributed by atoms with E-state index < -0.39 is 11.4 Å². The summed E-state index contributed by atoms with van der Waals surface area (Å²) >= 11 is 0. The van der Waals surface area contributed by atoms with Crippen LogP contribution in [0.3, 0.4) is 0 Å². The van der Waals surface area contributed by atoms with Gasteiger partial charge in [-0.25, -0.2) is 0 Å². The first-order valence-electron chi connectivity index (χ1n) is 6.67. The van der Waals surface area contributed by atoms with Gasteiger partial charge in [0, 0.05) is 25.2 Å². The zero-order chi connectivity index (χ0) is 15.2. The fourth-order valence-electron chi connectivity index (χ4n) is 1.80. The van der Waals surface area contributed by atoms with E-state index in [1.165, 1.54) is 0 Å². The van der Waals surface area contributed by atoms with Crippen LogP contribution in [-0.4, -0.2) is 30.1 Å². The summed E-state index contributed by atoms with van der Waals surface area (Å²) in [4.78, 5) is 24.8. The minimum absolute atomic E-state index is 0.0413. The van der Waals surface area contributed by atoms with Crippen molar-refractivity contribution in [1.29, 1.82) is 0 Å². The predicted octanol–water partition coefficient (Wildman–Crippen LogP) is 1.87. The van der Waals surface area contributed by atoms with Gasteiger partial charge in [0.25, 0.3) is 0 Å². The molecule has 0 spiro atoms. The van der Waals surface area contributed by atoms with Gasteiger partial charge in [0.1, 0.15) is 0 Å². The number of amides is 1. The van der Waals surface area contributed by atoms with Crippen molar-refractivity contribution in [3.63, 3.8) is 0 Å². The first kappa shape index (κ1) is 16.2. The Labute approximate surface area is 119 Å². The van der Waals surface area contributed by atoms with Crippen molar-refractivity contribution in [2.45, 2.75) is 26.7 Å². The van der Waals surface area contributed by atoms with Gasteiger partial charge >= 0.3 is 5.97 Å². The topological polar surface area (TPSA) is 83.6 Å². The third-order valence-corrected chi connectivity index (χ3v) is 3.17. The van der Waals surface area contributed by atoms with Gasteiger partial charge in [-0.3, -0.25) is 9.59 Å². The van der Waals surface area contributed by atoms with E-state index in [4.69, 9.17) is 10.8 Å². The molecule has 1 rings (SSSR count). The van der Waals surface area contributed by atoms with Crippen LogP contribution >= 0.6 is 0 Å². The number of para-hydroxylation sites is 1. The molecule has 0 saturated heterocycles. The van der Waals surface area contributed by atoms with Crippen LogP contribution in [0.1, 0.15) is 26.7 Å². The van der Waals surface area contributed by atoms with Crippen LogP contribution in [0.15, 0.2) is 30.3 Å². The molecule has 5 nitrogen and oxygen atoms in total. The predicted molar refractivity (Wildman–Crippen MR) is 78.5 cm³/mol. The average molecular weight is 278 g/mol. The highest BCUT2D eigenvalue weighted by atomic mass is 16.4. The van der Waals surface area contributed by atoms with Crippen LogP contribution in [0, 0.1) is 5.41 Å². The zero-order valence-corrected chi connectivity index (χ0v) is 12.0. The number of aliphatic carboxylic acids is 1. The molecule has 0 aromatic heterocycles. The van der Waals surface area contributed by atoms with Crippen LogP contribution in [-0.2, 0) is 9.59 Å². The molecule has 1 aromatic rings. The Morgan fingerprint density at radius 3 is 2.35 bits per heavy atom. The summed E-state index contributed by atoms with van der Waals surface area (Å²) in [7, 11) is 0. The minimum atomic E-state index is -0.858. The molecule has 0 aliphatic rings. The number of hydrogen-bond acceptors (Lipinski definition) is 3. The molecular weight excluding hydrogens is 256 g/mol. The minimum Gasteiger partial charge on any atom is -0.481 e. The molecule has 0 bridgehead atoms. The molecule has 0 unspecified atom stereocenters. The van der Waals surface area contributed by atoms with Crippen molar-refractivity contribution in [3.05, 3.63) is 30.3 Å². The van der Waals surface area contributed by atoms with Gasteiger partial charge in [0.2, 0.25) is 5.91 Å². The zero-order valence-electron chi connectivity index (χ0n) is 12.0. The van der Waals surface area contributed by atoms with E-state index in [9.17, 15) is 9.59 Å². The summed E-state index contributed by atoms with van der Waals surface area (Å²) < 4.78 is 0. The second kappa shape index (κ2) is 7.05. The maximum Gasteiger partial charge on any atom is 0.303 e. The van der Waals surface area contributed by atoms with E-state index in [0.29, 0.717) is 13.0 Å². The number of rotatable bonds is 7. The van der Waals surface area contributed by atoms with Crippen molar-refractivity contribution in [3.8, 4) is 0 Å². The molecule has 0 aliphatic carbocycles. The molecular formula is C15H22N2O3. The van der Waals surface area contributed by atoms with E-state index in [1.54, 1.807) is 18.7 Å². The van der Waals surface area contributed by atoms with Gasteiger partial charge in [-0.1, -0.05) is 18.2 Å². The largest absolute Gasteiger partial charge is 0.481 e. The van der Waals surface area contributed by atoms with Gasteiger partial charge in [-0.05, 0) is 32.4 Å². The molecule has 3 N–H and O–H groups in total. The lowest BCUT2D eigenvalue weighted by Crippen LogP contribution is -2.45. The molecule has 0 radical (unpaired) electrons. The summed E-state index contributed by atoms with van der Waals surface area (Å²) in [6.07, 6.45) is 0.455. The summed E-state index contributed by atoms with van der Waals surface area (Å²) in [5.74, 6) is -0.944. The van der Waals surface area contributed by atoms with Gasteiger partial charge in [0.05, 0.1) is 5.41 Å². The highest BCUT2D eigenvalue weighted by Crippen LogP contribution is 2.23. The van der Waals surface area contributed by atoms with E-state index in [0.717, 1.165) is 5.69 Å². The maximum absolute atomic E-state index is 12.6. The lowest BCUT2D eigenvalue weighted by molar-refractivity contribution is -0.137. The summed E-state index contributed by atoms with van der Waals surface area (Å²) in [6.45, 7) is 4.21. The summed E-state index contributed by atoms with van der Waals surface area (Å²) in [6, 6.07) is 9.25. The number of carboxylic acid groups (broad SMARTS) is 1. The SMILES string of the molecule is CC(C)(CN)C(=O)N(CCCC(=O)O)c1ccccc1. The molecule has 110 valence electrons. The Kier molecular flexibility index (Phi) is 5.70. The normalized spacial score (nSPS) is 11.2. The second-order valence-electron chi connectivity index (χ2n) is 5.38. The van der Waals surface area contributed by atoms with Crippen LogP contribution < -0.4 is 10.6 Å². The molecule has 1 aromatic carbocycles. The Morgan fingerprint density at radius 2 is 1.85 bits per heavy atom. The smallest absolute Gasteiger partial charge is 0.303 e. The maximum atomic E-state index is 12.6. The van der Waals surface area contributed by atoms with Crippen LogP contribution in [0.5, 0.6) is 0 Å². The number of carbonyl (C=O) groups excluding carboxylic acids is 1. The Hall–Kier alpha value is -1.88. The van der Waals surface area contributed by atoms with Crippen molar-refractivity contribution >= 4 is 17.6 Å². The quantitative estimate of drug-likeness (QED) is 0.797. The lowest BCUT2D eigenvalue weighted by Gasteiger charge is -2.31. The Bertz CT molecular complexity index is 457. The number of carbonyl (C=O) groups is 2. The van der Waals surface area contributed by atoms with Crippen molar-refractivity contribution in [1.82, 2.24) is 0 Å². The summed E-state index contributed by atoms with van der Waals surface area (Å²) in [5, 5.41) is 8.72. The van der Waals surface area contributed by atoms with Crippen LogP contribution in [0.25, 0.3) is 0 Å². The Balaban J connectivity index is 2.90. The van der Waals surface area contributed by atoms with E-state index in [2.05, 4.69) is 0 Å². The number of benzene rings is 1. The Morgan fingerprint density at radius 1 is 1.25 bits per heavy atom. The lowest BCUT2D eigenvalue weighted by atomic mass is 9.91. The van der Waals surface area contributed by atoms with Gasteiger partial charge in [-0.2, -0.15) is 0 Å². The number of hydrogen-bond donors (Lipinski definition) is 2. The molecule has 0 fully saturated rings. The fourth-order valence-corrected chi connectivity index (χ4v) is 1.80. The van der Waals surface area contributed by atoms with Crippen LogP contribution in [0.2, 0.25) is 0 Å². The average Bonchev–Trinajstić information content (AvgIpc) is 2.43. The highest BCUT2D eigenvalue weighted by Gasteiger charge is 2.31. The number of nitrogens with zero attached hydrogens (tertiary/aromatic N) is 1. The van der Waals surface area contributed by atoms with Crippen LogP contribution in [0.4, 0.5) is 5.69 Å². The third kappa shape index (κ3) is 4.35. The summed E-state index contributed by atoms with van der Waals surface area (Å²) in [5.41, 5.74) is 5.76. The molecule has 0 heterocycles. The highest BCUT2D eigenvalue weighted by molar-refractivity contribution is 5.97. The van der Waals surface area contributed by atoms with Gasteiger partial charge < -0.3 is 15.7 Å². The van der Waals surface area contributed by atoms with Gasteiger partial charge in [0.15, 0.2) is 0 Å². The third-order valence-electron chi connectivity index (χ3n) is 3.17. The van der Waals surface area contributed by atoms with E-state index in [1.807, 2.05) is 30.3 Å². The number of nitrogens with two attached hydrogens (primary N) is 1. The van der Waals surface area contributed by atoms with E-state index in [-0.39, 0.29) is 18.9 Å². The van der Waals surface area contributed by atoms with Crippen molar-refractivity contribution < 1.29 is 14.7 Å². The number of anilines is 1. The second-order valence-corrected chi connectivity index (χ2v) is 5.38. The molecule has 0 aliphatic heterocycles. The van der Waals surface area contributed by atoms with Crippen molar-refractivity contribution in [2.24, 2.45) is 11.1 Å². The van der Waals surface area contributed by atoms with E-state index >= 15 is 0 Å². The molecule has 5 heteroatoms. The monoisotopic (exact) mass is 278 g/mol. The standard InChI is InChI=1S/C15H22N2O3/c1-15(2,11-16)14(20)17(10-6-9-13(18)19)12-7-4-3-5-8-12/h3-5,7-8H,6,9-11,16H2,1-2H3,(H,18,19). The molecule has 0 atom stereocenters. The van der Waals surface area contributed by atoms with Gasteiger partial charge in [-0.15, -0.1) is 0 Å². The molecule has 20 heavy (non-hydrogen) atoms. The first-order chi connectivity index (χ1) is 9.38. The fraction of sp³-hybridized carbons (Fsp3) is 0.467. The molecule has 1 amide bonds. The van der Waals surface area contributed by atoms with Crippen molar-refractivity contribution in [2.75, 3.05) is 18.0 Å². The first-order valence-corrected chi connectivity index (χ1v) is 6.67. The number of carboxylic acids is 1.